The third-order valence-corrected chi connectivity index (χ3v) is 8.63. The minimum Gasteiger partial charge on any atom is -0.495 e. The van der Waals surface area contributed by atoms with Gasteiger partial charge in [-0.25, -0.2) is 23.3 Å². The largest absolute Gasteiger partial charge is 0.495 e. The Morgan fingerprint density at radius 3 is 2.28 bits per heavy atom. The number of methoxy groups -OCH3 is 2. The van der Waals surface area contributed by atoms with Gasteiger partial charge in [0.25, 0.3) is 5.91 Å². The first kappa shape index (κ1) is 40.3. The number of aromatic nitrogens is 2. The fourth-order valence-corrected chi connectivity index (χ4v) is 5.41. The first-order valence-electron chi connectivity index (χ1n) is 15.9. The number of hydrogen-bond acceptors (Lipinski definition) is 8. The van der Waals surface area contributed by atoms with E-state index in [4.69, 9.17) is 9.47 Å². The van der Waals surface area contributed by atoms with E-state index in [1.807, 2.05) is 0 Å². The molecule has 1 aliphatic carbocycles. The van der Waals surface area contributed by atoms with Crippen molar-refractivity contribution >= 4 is 28.5 Å². The number of nitrogens with zero attached hydrogens (tertiary/aromatic N) is 3. The zero-order valence-corrected chi connectivity index (χ0v) is 29.1. The van der Waals surface area contributed by atoms with Gasteiger partial charge in [-0.3, -0.25) is 4.79 Å². The van der Waals surface area contributed by atoms with Gasteiger partial charge in [0, 0.05) is 51.3 Å². The van der Waals surface area contributed by atoms with E-state index in [2.05, 4.69) is 37.1 Å². The van der Waals surface area contributed by atoms with Gasteiger partial charge in [0.2, 0.25) is 5.95 Å². The lowest BCUT2D eigenvalue weighted by Crippen LogP contribution is -2.45. The Balaban J connectivity index is 0.000000491. The Hall–Kier alpha value is -2.88. The maximum absolute atomic E-state index is 14.8. The van der Waals surface area contributed by atoms with Gasteiger partial charge in [0.1, 0.15) is 11.6 Å². The number of carbonyl (C=O) groups excluding carboxylic acids is 1. The molecule has 1 saturated heterocycles. The van der Waals surface area contributed by atoms with E-state index in [1.165, 1.54) is 58.6 Å². The number of aryl methyl sites for hydroxylation is 1. The number of benzene rings is 1. The molecule has 2 fully saturated rings. The third-order valence-electron chi connectivity index (χ3n) is 8.06. The summed E-state index contributed by atoms with van der Waals surface area (Å²) in [6.07, 6.45) is 8.05. The minimum atomic E-state index is -4.58. The van der Waals surface area contributed by atoms with Gasteiger partial charge in [0.15, 0.2) is 0 Å². The van der Waals surface area contributed by atoms with E-state index < -0.39 is 34.4 Å². The van der Waals surface area contributed by atoms with Crippen molar-refractivity contribution < 1.29 is 36.0 Å². The molecule has 47 heavy (non-hydrogen) atoms. The lowest BCUT2D eigenvalue weighted by Gasteiger charge is -2.32. The molecule has 4 rings (SSSR count). The standard InChI is InChI=1S/C22H27F4N5O3.C8H16.C2H7NOS/c1-13-16(22(24,25)26)12-27-21(28-13)30-18-11-17(23)15(10-19(18)34-3)20(32)29-14-4-6-31(7-5-14)8-9-33-2;1-2-5-8-6-3-4-7-8;1-3-5(2)4/h10-12,14H,4-9H2,1-3H3,(H,29,32)(H,27,28,30);8H,2-7H2,1H3;3H,1-2H3. The lowest BCUT2D eigenvalue weighted by molar-refractivity contribution is -0.138. The summed E-state index contributed by atoms with van der Waals surface area (Å²) in [4.78, 5) is 22.4. The van der Waals surface area contributed by atoms with Crippen LogP contribution in [-0.2, 0) is 21.9 Å². The Bertz CT molecular complexity index is 1270. The van der Waals surface area contributed by atoms with Crippen LogP contribution < -0.4 is 20.1 Å². The predicted octanol–water partition coefficient (Wildman–Crippen LogP) is 6.01. The molecule has 10 nitrogen and oxygen atoms in total. The number of rotatable bonds is 11. The van der Waals surface area contributed by atoms with Crippen LogP contribution in [0.1, 0.15) is 79.9 Å². The third kappa shape index (κ3) is 14.0. The van der Waals surface area contributed by atoms with Gasteiger partial charge < -0.3 is 25.0 Å². The molecular weight excluding hydrogens is 640 g/mol. The molecule has 0 bridgehead atoms. The lowest BCUT2D eigenvalue weighted by atomic mass is 10.0. The summed E-state index contributed by atoms with van der Waals surface area (Å²) in [6.45, 7) is 6.55. The van der Waals surface area contributed by atoms with Crippen molar-refractivity contribution in [3.63, 3.8) is 0 Å². The molecule has 2 heterocycles. The highest BCUT2D eigenvalue weighted by atomic mass is 32.2. The summed E-state index contributed by atoms with van der Waals surface area (Å²) in [5.74, 6) is -0.330. The van der Waals surface area contributed by atoms with Crippen LogP contribution in [0.3, 0.4) is 0 Å². The second-order valence-corrected chi connectivity index (χ2v) is 12.8. The summed E-state index contributed by atoms with van der Waals surface area (Å²) >= 11 is 0. The molecule has 1 saturated carbocycles. The van der Waals surface area contributed by atoms with Gasteiger partial charge in [-0.15, -0.1) is 0 Å². The molecule has 2 aliphatic rings. The predicted molar refractivity (Wildman–Crippen MR) is 177 cm³/mol. The van der Waals surface area contributed by atoms with E-state index in [9.17, 15) is 26.6 Å². The molecule has 1 aliphatic heterocycles. The zero-order valence-electron chi connectivity index (χ0n) is 28.3. The fourth-order valence-electron chi connectivity index (χ4n) is 5.41. The minimum absolute atomic E-state index is 0.0714. The summed E-state index contributed by atoms with van der Waals surface area (Å²) < 4.78 is 76.2. The highest BCUT2D eigenvalue weighted by Crippen LogP contribution is 2.33. The number of alkyl halides is 3. The van der Waals surface area contributed by atoms with Crippen molar-refractivity contribution in [3.05, 3.63) is 41.0 Å². The van der Waals surface area contributed by atoms with Crippen LogP contribution >= 0.6 is 0 Å². The average molecular weight is 691 g/mol. The second kappa shape index (κ2) is 20.5. The number of carbonyl (C=O) groups is 1. The normalized spacial score (nSPS) is 16.4. The first-order valence-corrected chi connectivity index (χ1v) is 17.5. The smallest absolute Gasteiger partial charge is 0.419 e. The zero-order chi connectivity index (χ0) is 35.0. The summed E-state index contributed by atoms with van der Waals surface area (Å²) in [7, 11) is 3.80. The van der Waals surface area contributed by atoms with Gasteiger partial charge in [-0.05, 0) is 38.8 Å². The molecular formula is C32H50F4N6O4S. The number of nitrogens with one attached hydrogen (secondary N) is 3. The topological polar surface area (TPSA) is 118 Å². The summed E-state index contributed by atoms with van der Waals surface area (Å²) in [5, 5.41) is 5.51. The number of amides is 1. The molecule has 1 aromatic heterocycles. The molecule has 3 N–H and O–H groups in total. The van der Waals surface area contributed by atoms with Gasteiger partial charge >= 0.3 is 6.18 Å². The van der Waals surface area contributed by atoms with Crippen molar-refractivity contribution in [2.75, 3.05) is 59.1 Å². The summed E-state index contributed by atoms with van der Waals surface area (Å²) in [6, 6.07) is 2.17. The fraction of sp³-hybridized carbons (Fsp3) is 0.656. The van der Waals surface area contributed by atoms with Crippen molar-refractivity contribution in [2.45, 2.75) is 77.4 Å². The molecule has 1 amide bonds. The van der Waals surface area contributed by atoms with E-state index in [1.54, 1.807) is 20.4 Å². The molecule has 1 aromatic carbocycles. The van der Waals surface area contributed by atoms with Crippen LogP contribution in [0.5, 0.6) is 5.75 Å². The second-order valence-electron chi connectivity index (χ2n) is 11.5. The number of ether oxygens (including phenoxy) is 2. The molecule has 15 heteroatoms. The van der Waals surface area contributed by atoms with E-state index in [0.29, 0.717) is 12.8 Å². The Morgan fingerprint density at radius 2 is 1.77 bits per heavy atom. The molecule has 0 radical (unpaired) electrons. The Kier molecular flexibility index (Phi) is 17.6. The van der Waals surface area contributed by atoms with Gasteiger partial charge in [-0.1, -0.05) is 45.4 Å². The molecule has 1 unspecified atom stereocenters. The maximum atomic E-state index is 14.8. The number of piperidine rings is 1. The average Bonchev–Trinajstić information content (AvgIpc) is 3.54. The van der Waals surface area contributed by atoms with Crippen molar-refractivity contribution in [1.29, 1.82) is 0 Å². The van der Waals surface area contributed by atoms with E-state index in [0.717, 1.165) is 44.5 Å². The van der Waals surface area contributed by atoms with Crippen LogP contribution in [0, 0.1) is 18.7 Å². The van der Waals surface area contributed by atoms with Crippen molar-refractivity contribution in [2.24, 2.45) is 5.92 Å². The molecule has 2 aromatic rings. The van der Waals surface area contributed by atoms with Crippen LogP contribution in [0.2, 0.25) is 0 Å². The van der Waals surface area contributed by atoms with Crippen LogP contribution in [0.4, 0.5) is 29.2 Å². The van der Waals surface area contributed by atoms with E-state index in [-0.39, 0.29) is 34.7 Å². The first-order chi connectivity index (χ1) is 22.3. The highest BCUT2D eigenvalue weighted by Gasteiger charge is 2.34. The number of likely N-dealkylation sites (tertiary alicyclic amines) is 1. The van der Waals surface area contributed by atoms with Crippen LogP contribution in [0.15, 0.2) is 18.3 Å². The molecule has 266 valence electrons. The summed E-state index contributed by atoms with van der Waals surface area (Å²) in [5.41, 5.74) is -1.38. The monoisotopic (exact) mass is 690 g/mol. The Labute approximate surface area is 278 Å². The van der Waals surface area contributed by atoms with Gasteiger partial charge in [0.05, 0.1) is 47.2 Å². The quantitative estimate of drug-likeness (QED) is 0.246. The van der Waals surface area contributed by atoms with E-state index >= 15 is 0 Å². The maximum Gasteiger partial charge on any atom is 0.419 e. The van der Waals surface area contributed by atoms with Crippen LogP contribution in [0.25, 0.3) is 0 Å². The SMILES string of the molecule is CCCC1CCCC1.CNS(C)=O.COCCN1CCC(NC(=O)c2cc(OC)c(Nc3ncc(C(F)(F)F)c(C)n3)cc2F)CC1. The molecule has 0 spiro atoms. The van der Waals surface area contributed by atoms with Crippen LogP contribution in [-0.4, -0.2) is 84.8 Å². The highest BCUT2D eigenvalue weighted by molar-refractivity contribution is 7.82. The van der Waals surface area contributed by atoms with Gasteiger partial charge in [-0.2, -0.15) is 13.2 Å². The number of halogens is 4. The van der Waals surface area contributed by atoms with Crippen molar-refractivity contribution in [3.8, 4) is 5.75 Å². The molecule has 1 atom stereocenters. The Morgan fingerprint density at radius 1 is 1.13 bits per heavy atom. The van der Waals surface area contributed by atoms with Crippen molar-refractivity contribution in [1.82, 2.24) is 24.9 Å². The number of anilines is 2. The number of hydrogen-bond donors (Lipinski definition) is 3.